The Labute approximate surface area is 187 Å². The number of aromatic nitrogens is 4. The molecule has 31 heavy (non-hydrogen) atoms. The fraction of sp³-hybridized carbons (Fsp3) is 0.190. The van der Waals surface area contributed by atoms with Crippen molar-refractivity contribution in [3.8, 4) is 23.1 Å². The van der Waals surface area contributed by atoms with Crippen molar-refractivity contribution in [2.75, 3.05) is 7.11 Å². The van der Waals surface area contributed by atoms with E-state index in [1.165, 1.54) is 21.6 Å². The van der Waals surface area contributed by atoms with Gasteiger partial charge in [-0.15, -0.1) is 0 Å². The number of halogens is 2. The minimum atomic E-state index is -0.325. The molecule has 0 spiro atoms. The summed E-state index contributed by atoms with van der Waals surface area (Å²) in [5.74, 6) is 1.79. The first kappa shape index (κ1) is 21.0. The molecule has 0 aliphatic heterocycles. The Kier molecular flexibility index (Phi) is 5.75. The standard InChI is InChI=1S/C21H18Cl2N4O4/c1-26-20(28)19-14(10-24-26)21(27(2)25-19)31-18-9-17(15(22)8-16(18)23)30-11-12-4-6-13(29-3)7-5-12/h4-10H,11H2,1-3H3. The summed E-state index contributed by atoms with van der Waals surface area (Å²) < 4.78 is 19.7. The van der Waals surface area contributed by atoms with Crippen LogP contribution in [0.4, 0.5) is 0 Å². The van der Waals surface area contributed by atoms with Gasteiger partial charge in [-0.05, 0) is 23.8 Å². The van der Waals surface area contributed by atoms with Crippen LogP contribution in [-0.4, -0.2) is 26.7 Å². The number of methoxy groups -OCH3 is 1. The van der Waals surface area contributed by atoms with Crippen LogP contribution in [0.5, 0.6) is 23.1 Å². The fourth-order valence-corrected chi connectivity index (χ4v) is 3.43. The van der Waals surface area contributed by atoms with Crippen molar-refractivity contribution in [2.45, 2.75) is 6.61 Å². The maximum Gasteiger partial charge on any atom is 0.295 e. The van der Waals surface area contributed by atoms with Crippen molar-refractivity contribution in [2.24, 2.45) is 14.1 Å². The molecular formula is C21H18Cl2N4O4. The van der Waals surface area contributed by atoms with Crippen molar-refractivity contribution >= 4 is 34.1 Å². The molecule has 160 valence electrons. The van der Waals surface area contributed by atoms with E-state index in [-0.39, 0.29) is 16.1 Å². The molecule has 0 atom stereocenters. The SMILES string of the molecule is COc1ccc(COc2cc(Oc3c4cnn(C)c(=O)c4nn3C)c(Cl)cc2Cl)cc1. The van der Waals surface area contributed by atoms with Crippen LogP contribution in [0, 0.1) is 0 Å². The number of nitrogens with zero attached hydrogens (tertiary/aromatic N) is 4. The molecule has 0 amide bonds. The van der Waals surface area contributed by atoms with Gasteiger partial charge in [-0.25, -0.2) is 9.36 Å². The Hall–Kier alpha value is -3.23. The van der Waals surface area contributed by atoms with Gasteiger partial charge in [0.2, 0.25) is 5.88 Å². The highest BCUT2D eigenvalue weighted by molar-refractivity contribution is 6.36. The summed E-state index contributed by atoms with van der Waals surface area (Å²) in [6, 6.07) is 10.6. The first-order valence-electron chi connectivity index (χ1n) is 9.19. The minimum absolute atomic E-state index is 0.246. The van der Waals surface area contributed by atoms with Crippen LogP contribution in [0.15, 0.2) is 47.4 Å². The van der Waals surface area contributed by atoms with Crippen molar-refractivity contribution in [1.29, 1.82) is 0 Å². The summed E-state index contributed by atoms with van der Waals surface area (Å²) >= 11 is 12.6. The third-order valence-electron chi connectivity index (χ3n) is 4.63. The van der Waals surface area contributed by atoms with Gasteiger partial charge in [-0.1, -0.05) is 35.3 Å². The van der Waals surface area contributed by atoms with Crippen molar-refractivity contribution in [3.05, 3.63) is 68.6 Å². The maximum absolute atomic E-state index is 12.3. The van der Waals surface area contributed by atoms with E-state index in [0.717, 1.165) is 11.3 Å². The number of aryl methyl sites for hydroxylation is 2. The van der Waals surface area contributed by atoms with Gasteiger partial charge in [0.1, 0.15) is 18.1 Å². The van der Waals surface area contributed by atoms with Crippen LogP contribution in [0.3, 0.4) is 0 Å². The second-order valence-corrected chi connectivity index (χ2v) is 7.53. The molecule has 0 unspecified atom stereocenters. The van der Waals surface area contributed by atoms with Crippen LogP contribution in [0.1, 0.15) is 5.56 Å². The molecule has 0 saturated heterocycles. The maximum atomic E-state index is 12.3. The molecule has 0 saturated carbocycles. The lowest BCUT2D eigenvalue weighted by Gasteiger charge is -2.13. The molecule has 0 aliphatic carbocycles. The molecule has 0 radical (unpaired) electrons. The lowest BCUT2D eigenvalue weighted by molar-refractivity contribution is 0.304. The van der Waals surface area contributed by atoms with E-state index in [1.807, 2.05) is 24.3 Å². The smallest absolute Gasteiger partial charge is 0.295 e. The van der Waals surface area contributed by atoms with Gasteiger partial charge in [0.25, 0.3) is 5.56 Å². The largest absolute Gasteiger partial charge is 0.497 e. The van der Waals surface area contributed by atoms with E-state index >= 15 is 0 Å². The summed E-state index contributed by atoms with van der Waals surface area (Å²) in [6.45, 7) is 0.291. The molecule has 4 rings (SSSR count). The summed E-state index contributed by atoms with van der Waals surface area (Å²) in [7, 11) is 4.83. The first-order chi connectivity index (χ1) is 14.9. The Balaban J connectivity index is 1.62. The molecule has 0 aliphatic rings. The summed E-state index contributed by atoms with van der Waals surface area (Å²) in [5.41, 5.74) is 0.860. The van der Waals surface area contributed by atoms with Crippen LogP contribution in [0.25, 0.3) is 10.9 Å². The van der Waals surface area contributed by atoms with Crippen LogP contribution in [-0.2, 0) is 20.7 Å². The zero-order chi connectivity index (χ0) is 22.1. The molecular weight excluding hydrogens is 443 g/mol. The average molecular weight is 461 g/mol. The molecule has 2 aromatic heterocycles. The lowest BCUT2D eigenvalue weighted by atomic mass is 10.2. The second kappa shape index (κ2) is 8.49. The number of ether oxygens (including phenoxy) is 3. The molecule has 0 fully saturated rings. The number of fused-ring (bicyclic) bond motifs is 1. The van der Waals surface area contributed by atoms with E-state index in [4.69, 9.17) is 37.4 Å². The highest BCUT2D eigenvalue weighted by atomic mass is 35.5. The predicted octanol–water partition coefficient (Wildman–Crippen LogP) is 4.35. The van der Waals surface area contributed by atoms with E-state index < -0.39 is 0 Å². The van der Waals surface area contributed by atoms with Gasteiger partial charge in [0.05, 0.1) is 28.7 Å². The van der Waals surface area contributed by atoms with Gasteiger partial charge in [0.15, 0.2) is 11.3 Å². The van der Waals surface area contributed by atoms with Gasteiger partial charge >= 0.3 is 0 Å². The molecule has 2 heterocycles. The summed E-state index contributed by atoms with van der Waals surface area (Å²) in [6.07, 6.45) is 1.52. The van der Waals surface area contributed by atoms with Gasteiger partial charge in [-0.3, -0.25) is 4.79 Å². The quantitative estimate of drug-likeness (QED) is 0.425. The van der Waals surface area contributed by atoms with E-state index in [1.54, 1.807) is 27.3 Å². The molecule has 4 aromatic rings. The third kappa shape index (κ3) is 4.17. The van der Waals surface area contributed by atoms with E-state index in [9.17, 15) is 4.79 Å². The normalized spacial score (nSPS) is 11.0. The Morgan fingerprint density at radius 1 is 1.00 bits per heavy atom. The van der Waals surface area contributed by atoms with Crippen LogP contribution >= 0.6 is 23.2 Å². The molecule has 2 aromatic carbocycles. The van der Waals surface area contributed by atoms with Crippen LogP contribution in [0.2, 0.25) is 10.0 Å². The van der Waals surface area contributed by atoms with Gasteiger partial charge in [-0.2, -0.15) is 10.2 Å². The van der Waals surface area contributed by atoms with E-state index in [0.29, 0.717) is 34.4 Å². The zero-order valence-corrected chi connectivity index (χ0v) is 18.4. The number of hydrogen-bond donors (Lipinski definition) is 0. The average Bonchev–Trinajstić information content (AvgIpc) is 3.08. The Bertz CT molecular complexity index is 1320. The summed E-state index contributed by atoms with van der Waals surface area (Å²) in [5, 5.41) is 9.37. The summed E-state index contributed by atoms with van der Waals surface area (Å²) in [4.78, 5) is 12.3. The monoisotopic (exact) mass is 460 g/mol. The molecule has 10 heteroatoms. The molecule has 8 nitrogen and oxygen atoms in total. The van der Waals surface area contributed by atoms with Gasteiger partial charge < -0.3 is 14.2 Å². The second-order valence-electron chi connectivity index (χ2n) is 6.72. The topological polar surface area (TPSA) is 80.4 Å². The zero-order valence-electron chi connectivity index (χ0n) is 16.9. The Morgan fingerprint density at radius 2 is 1.71 bits per heavy atom. The highest BCUT2D eigenvalue weighted by Crippen LogP contribution is 2.39. The number of rotatable bonds is 6. The fourth-order valence-electron chi connectivity index (χ4n) is 2.96. The number of hydrogen-bond acceptors (Lipinski definition) is 6. The van der Waals surface area contributed by atoms with Crippen molar-refractivity contribution in [3.63, 3.8) is 0 Å². The van der Waals surface area contributed by atoms with Crippen molar-refractivity contribution in [1.82, 2.24) is 19.6 Å². The van der Waals surface area contributed by atoms with E-state index in [2.05, 4.69) is 10.2 Å². The van der Waals surface area contributed by atoms with Crippen LogP contribution < -0.4 is 19.8 Å². The minimum Gasteiger partial charge on any atom is -0.497 e. The number of benzene rings is 2. The lowest BCUT2D eigenvalue weighted by Crippen LogP contribution is -2.19. The predicted molar refractivity (Wildman–Crippen MR) is 118 cm³/mol. The Morgan fingerprint density at radius 3 is 2.42 bits per heavy atom. The first-order valence-corrected chi connectivity index (χ1v) is 9.94. The van der Waals surface area contributed by atoms with Crippen molar-refractivity contribution < 1.29 is 14.2 Å². The molecule has 0 N–H and O–H groups in total. The molecule has 0 bridgehead atoms. The van der Waals surface area contributed by atoms with Gasteiger partial charge in [0, 0.05) is 20.2 Å². The highest BCUT2D eigenvalue weighted by Gasteiger charge is 2.18. The third-order valence-corrected chi connectivity index (χ3v) is 5.22.